The average molecular weight is 287 g/mol. The van der Waals surface area contributed by atoms with Gasteiger partial charge < -0.3 is 11.1 Å². The first-order valence-electron chi connectivity index (χ1n) is 8.05. The van der Waals surface area contributed by atoms with Crippen LogP contribution in [0.15, 0.2) is 24.3 Å². The van der Waals surface area contributed by atoms with E-state index in [4.69, 9.17) is 5.73 Å². The van der Waals surface area contributed by atoms with Crippen LogP contribution in [0.1, 0.15) is 37.7 Å². The maximum absolute atomic E-state index is 12.3. The maximum atomic E-state index is 12.3. The van der Waals surface area contributed by atoms with Crippen molar-refractivity contribution in [1.29, 1.82) is 0 Å². The van der Waals surface area contributed by atoms with Crippen LogP contribution in [0.3, 0.4) is 0 Å². The lowest BCUT2D eigenvalue weighted by atomic mass is 9.68. The van der Waals surface area contributed by atoms with Gasteiger partial charge in [-0.05, 0) is 56.5 Å². The minimum atomic E-state index is -0.311. The number of hydrogen-bond donors (Lipinski definition) is 2. The Morgan fingerprint density at radius 1 is 1.14 bits per heavy atom. The monoisotopic (exact) mass is 287 g/mol. The number of nitrogens with zero attached hydrogens (tertiary/aromatic N) is 1. The van der Waals surface area contributed by atoms with Crippen LogP contribution in [-0.2, 0) is 11.3 Å². The number of carbonyl (C=O) groups excluding carboxylic acids is 1. The van der Waals surface area contributed by atoms with Gasteiger partial charge in [0.15, 0.2) is 0 Å². The van der Waals surface area contributed by atoms with Gasteiger partial charge in [0.1, 0.15) is 0 Å². The van der Waals surface area contributed by atoms with Gasteiger partial charge in [0, 0.05) is 18.8 Å². The molecule has 2 aliphatic rings. The topological polar surface area (TPSA) is 58.4 Å². The fraction of sp³-hybridized carbons (Fsp3) is 0.588. The number of benzene rings is 1. The van der Waals surface area contributed by atoms with Crippen LogP contribution in [0, 0.1) is 5.41 Å². The fourth-order valence-electron chi connectivity index (χ4n) is 3.28. The SMILES string of the molecule is NCC1(C(=O)Nc2ccc(CN3CCCC3)cc2)CCC1. The quantitative estimate of drug-likeness (QED) is 0.874. The normalized spacial score (nSPS) is 21.0. The largest absolute Gasteiger partial charge is 0.329 e. The molecular weight excluding hydrogens is 262 g/mol. The molecule has 1 aromatic rings. The Labute approximate surface area is 126 Å². The molecule has 21 heavy (non-hydrogen) atoms. The molecule has 4 nitrogen and oxygen atoms in total. The molecule has 1 saturated heterocycles. The summed E-state index contributed by atoms with van der Waals surface area (Å²) in [6.07, 6.45) is 5.58. The Kier molecular flexibility index (Phi) is 4.27. The van der Waals surface area contributed by atoms with Crippen molar-refractivity contribution in [3.63, 3.8) is 0 Å². The van der Waals surface area contributed by atoms with Crippen LogP contribution >= 0.6 is 0 Å². The lowest BCUT2D eigenvalue weighted by molar-refractivity contribution is -0.129. The third-order valence-corrected chi connectivity index (χ3v) is 5.00. The zero-order chi connectivity index (χ0) is 14.7. The first-order valence-corrected chi connectivity index (χ1v) is 8.05. The van der Waals surface area contributed by atoms with Crippen molar-refractivity contribution in [1.82, 2.24) is 4.90 Å². The highest BCUT2D eigenvalue weighted by Gasteiger charge is 2.42. The van der Waals surface area contributed by atoms with E-state index in [0.717, 1.165) is 31.5 Å². The Bertz CT molecular complexity index is 482. The van der Waals surface area contributed by atoms with Crippen LogP contribution in [-0.4, -0.2) is 30.4 Å². The fourth-order valence-corrected chi connectivity index (χ4v) is 3.28. The number of rotatable bonds is 5. The van der Waals surface area contributed by atoms with E-state index in [2.05, 4.69) is 22.3 Å². The summed E-state index contributed by atoms with van der Waals surface area (Å²) in [4.78, 5) is 14.8. The summed E-state index contributed by atoms with van der Waals surface area (Å²) in [6, 6.07) is 8.24. The third kappa shape index (κ3) is 3.11. The van der Waals surface area contributed by atoms with Crippen LogP contribution in [0.25, 0.3) is 0 Å². The Hall–Kier alpha value is -1.39. The van der Waals surface area contributed by atoms with Gasteiger partial charge in [-0.2, -0.15) is 0 Å². The number of likely N-dealkylation sites (tertiary alicyclic amines) is 1. The van der Waals surface area contributed by atoms with E-state index in [1.165, 1.54) is 31.5 Å². The van der Waals surface area contributed by atoms with E-state index in [1.54, 1.807) is 0 Å². The molecule has 1 aliphatic carbocycles. The predicted molar refractivity (Wildman–Crippen MR) is 84.9 cm³/mol. The van der Waals surface area contributed by atoms with E-state index in [-0.39, 0.29) is 11.3 Å². The van der Waals surface area contributed by atoms with Crippen molar-refractivity contribution in [2.24, 2.45) is 11.1 Å². The molecule has 1 aliphatic heterocycles. The van der Waals surface area contributed by atoms with Gasteiger partial charge in [-0.1, -0.05) is 18.6 Å². The molecule has 0 radical (unpaired) electrons. The van der Waals surface area contributed by atoms with Gasteiger partial charge in [0.05, 0.1) is 5.41 Å². The van der Waals surface area contributed by atoms with Gasteiger partial charge in [-0.3, -0.25) is 9.69 Å². The molecule has 1 amide bonds. The second-order valence-electron chi connectivity index (χ2n) is 6.47. The van der Waals surface area contributed by atoms with Crippen molar-refractivity contribution >= 4 is 11.6 Å². The summed E-state index contributed by atoms with van der Waals surface area (Å²) in [5.74, 6) is 0.0866. The zero-order valence-corrected chi connectivity index (χ0v) is 12.6. The predicted octanol–water partition coefficient (Wildman–Crippen LogP) is 2.35. The molecule has 0 unspecified atom stereocenters. The molecule has 3 N–H and O–H groups in total. The van der Waals surface area contributed by atoms with E-state index in [1.807, 2.05) is 12.1 Å². The first kappa shape index (κ1) is 14.5. The van der Waals surface area contributed by atoms with Gasteiger partial charge in [0.2, 0.25) is 5.91 Å². The highest BCUT2D eigenvalue weighted by atomic mass is 16.2. The molecule has 1 heterocycles. The second-order valence-corrected chi connectivity index (χ2v) is 6.47. The molecule has 0 spiro atoms. The van der Waals surface area contributed by atoms with E-state index < -0.39 is 0 Å². The number of anilines is 1. The van der Waals surface area contributed by atoms with Crippen LogP contribution in [0.5, 0.6) is 0 Å². The lowest BCUT2D eigenvalue weighted by Crippen LogP contribution is -2.47. The highest BCUT2D eigenvalue weighted by Crippen LogP contribution is 2.40. The van der Waals surface area contributed by atoms with Crippen LogP contribution < -0.4 is 11.1 Å². The molecule has 1 aromatic carbocycles. The van der Waals surface area contributed by atoms with Crippen molar-refractivity contribution < 1.29 is 4.79 Å². The molecule has 114 valence electrons. The molecule has 3 rings (SSSR count). The average Bonchev–Trinajstić information content (AvgIpc) is 2.93. The van der Waals surface area contributed by atoms with Crippen molar-refractivity contribution in [2.75, 3.05) is 25.0 Å². The zero-order valence-electron chi connectivity index (χ0n) is 12.6. The Morgan fingerprint density at radius 2 is 1.81 bits per heavy atom. The molecule has 0 aromatic heterocycles. The summed E-state index contributed by atoms with van der Waals surface area (Å²) in [5, 5.41) is 3.02. The highest BCUT2D eigenvalue weighted by molar-refractivity contribution is 5.96. The molecule has 2 fully saturated rings. The minimum Gasteiger partial charge on any atom is -0.329 e. The minimum absolute atomic E-state index is 0.0866. The maximum Gasteiger partial charge on any atom is 0.231 e. The van der Waals surface area contributed by atoms with Crippen LogP contribution in [0.2, 0.25) is 0 Å². The summed E-state index contributed by atoms with van der Waals surface area (Å²) >= 11 is 0. The summed E-state index contributed by atoms with van der Waals surface area (Å²) in [5.41, 5.74) is 7.65. The number of nitrogens with two attached hydrogens (primary N) is 1. The lowest BCUT2D eigenvalue weighted by Gasteiger charge is -2.39. The second kappa shape index (κ2) is 6.16. The van der Waals surface area contributed by atoms with Gasteiger partial charge in [-0.25, -0.2) is 0 Å². The summed E-state index contributed by atoms with van der Waals surface area (Å²) < 4.78 is 0. The summed E-state index contributed by atoms with van der Waals surface area (Å²) in [7, 11) is 0. The van der Waals surface area contributed by atoms with Crippen molar-refractivity contribution in [2.45, 2.75) is 38.6 Å². The molecule has 1 saturated carbocycles. The smallest absolute Gasteiger partial charge is 0.231 e. The van der Waals surface area contributed by atoms with E-state index >= 15 is 0 Å². The molecule has 0 atom stereocenters. The Balaban J connectivity index is 1.57. The van der Waals surface area contributed by atoms with Crippen molar-refractivity contribution in [3.8, 4) is 0 Å². The standard InChI is InChI=1S/C17H25N3O/c18-13-17(8-3-9-17)16(21)19-15-6-4-14(5-7-15)12-20-10-1-2-11-20/h4-7H,1-3,8-13,18H2,(H,19,21). The summed E-state index contributed by atoms with van der Waals surface area (Å²) in [6.45, 7) is 3.88. The van der Waals surface area contributed by atoms with E-state index in [0.29, 0.717) is 6.54 Å². The van der Waals surface area contributed by atoms with Gasteiger partial charge >= 0.3 is 0 Å². The first-order chi connectivity index (χ1) is 10.2. The number of amides is 1. The number of hydrogen-bond acceptors (Lipinski definition) is 3. The van der Waals surface area contributed by atoms with Crippen LogP contribution in [0.4, 0.5) is 5.69 Å². The van der Waals surface area contributed by atoms with Crippen molar-refractivity contribution in [3.05, 3.63) is 29.8 Å². The molecule has 0 bridgehead atoms. The third-order valence-electron chi connectivity index (χ3n) is 5.00. The molecular formula is C17H25N3O. The Morgan fingerprint density at radius 3 is 2.33 bits per heavy atom. The van der Waals surface area contributed by atoms with E-state index in [9.17, 15) is 4.79 Å². The number of carbonyl (C=O) groups is 1. The number of nitrogens with one attached hydrogen (secondary N) is 1. The molecule has 4 heteroatoms. The van der Waals surface area contributed by atoms with Gasteiger partial charge in [0.25, 0.3) is 0 Å². The van der Waals surface area contributed by atoms with Gasteiger partial charge in [-0.15, -0.1) is 0 Å².